The average molecular weight is 308 g/mol. The molecule has 0 unspecified atom stereocenters. The van der Waals surface area contributed by atoms with Gasteiger partial charge < -0.3 is 5.11 Å². The van der Waals surface area contributed by atoms with E-state index >= 15 is 0 Å². The van der Waals surface area contributed by atoms with E-state index in [-0.39, 0.29) is 17.1 Å². The lowest BCUT2D eigenvalue weighted by molar-refractivity contribution is -0.152. The van der Waals surface area contributed by atoms with Gasteiger partial charge in [-0.15, -0.1) is 0 Å². The summed E-state index contributed by atoms with van der Waals surface area (Å²) >= 11 is 0. The van der Waals surface area contributed by atoms with Crippen LogP contribution in [0, 0.1) is 5.92 Å². The van der Waals surface area contributed by atoms with E-state index in [2.05, 4.69) is 0 Å². The molecule has 1 aromatic carbocycles. The van der Waals surface area contributed by atoms with E-state index in [9.17, 15) is 18.3 Å². The van der Waals surface area contributed by atoms with Gasteiger partial charge in [-0.3, -0.25) is 4.79 Å². The molecular formula is C16H20O4S. The summed E-state index contributed by atoms with van der Waals surface area (Å²) in [6, 6.07) is 8.36. The fraction of sp³-hybridized carbons (Fsp3) is 0.562. The molecule has 114 valence electrons. The molecule has 4 nitrogen and oxygen atoms in total. The smallest absolute Gasteiger partial charge is 0.181 e. The molecule has 5 heteroatoms. The summed E-state index contributed by atoms with van der Waals surface area (Å²) in [5.74, 6) is -0.635. The Morgan fingerprint density at radius 2 is 1.81 bits per heavy atom. The van der Waals surface area contributed by atoms with Crippen LogP contribution < -0.4 is 0 Å². The lowest BCUT2D eigenvalue weighted by atomic mass is 9.66. The Labute approximate surface area is 125 Å². The van der Waals surface area contributed by atoms with E-state index in [1.165, 1.54) is 0 Å². The van der Waals surface area contributed by atoms with Crippen LogP contribution in [0.5, 0.6) is 0 Å². The number of hydrogen-bond donors (Lipinski definition) is 1. The summed E-state index contributed by atoms with van der Waals surface area (Å²) in [6.07, 6.45) is 3.15. The monoisotopic (exact) mass is 308 g/mol. The van der Waals surface area contributed by atoms with Gasteiger partial charge in [0.1, 0.15) is 5.60 Å². The second-order valence-corrected chi connectivity index (χ2v) is 8.30. The fourth-order valence-electron chi connectivity index (χ4n) is 3.87. The zero-order chi connectivity index (χ0) is 15.1. The standard InChI is InChI=1S/C16H20O4S/c17-15-10-9-14(13-8-4-5-11-16(13,15)18)21(19,20)12-6-2-1-3-7-12/h1-3,6-7,13-14,18H,4-5,8-11H2/t13-,14+,16+/m0/s1. The van der Waals surface area contributed by atoms with Gasteiger partial charge in [0.2, 0.25) is 0 Å². The van der Waals surface area contributed by atoms with Crippen LogP contribution in [0.4, 0.5) is 0 Å². The van der Waals surface area contributed by atoms with Gasteiger partial charge in [0.05, 0.1) is 10.1 Å². The Bertz CT molecular complexity index is 638. The zero-order valence-electron chi connectivity index (χ0n) is 11.9. The molecule has 0 amide bonds. The molecule has 0 aromatic heterocycles. The van der Waals surface area contributed by atoms with Gasteiger partial charge in [-0.25, -0.2) is 8.42 Å². The molecule has 21 heavy (non-hydrogen) atoms. The Kier molecular flexibility index (Phi) is 3.66. The van der Waals surface area contributed by atoms with Crippen molar-refractivity contribution >= 4 is 15.6 Å². The van der Waals surface area contributed by atoms with Crippen LogP contribution in [-0.4, -0.2) is 30.2 Å². The third-order valence-electron chi connectivity index (χ3n) is 4.99. The third-order valence-corrected chi connectivity index (χ3v) is 7.28. The van der Waals surface area contributed by atoms with Gasteiger partial charge in [-0.1, -0.05) is 31.0 Å². The quantitative estimate of drug-likeness (QED) is 0.908. The zero-order valence-corrected chi connectivity index (χ0v) is 12.7. The molecule has 2 aliphatic rings. The first-order valence-electron chi connectivity index (χ1n) is 7.51. The number of sulfone groups is 1. The minimum atomic E-state index is -3.51. The van der Waals surface area contributed by atoms with E-state index in [1.807, 2.05) is 0 Å². The summed E-state index contributed by atoms with van der Waals surface area (Å²) < 4.78 is 25.7. The molecule has 3 rings (SSSR count). The Hall–Kier alpha value is -1.20. The third kappa shape index (κ3) is 2.32. The molecule has 2 fully saturated rings. The maximum absolute atomic E-state index is 12.9. The lowest BCUT2D eigenvalue weighted by Gasteiger charge is -2.45. The van der Waals surface area contributed by atoms with Crippen LogP contribution in [0.3, 0.4) is 0 Å². The van der Waals surface area contributed by atoms with Crippen LogP contribution in [-0.2, 0) is 14.6 Å². The molecule has 2 saturated carbocycles. The first-order chi connectivity index (χ1) is 9.96. The number of carbonyl (C=O) groups is 1. The number of aliphatic hydroxyl groups is 1. The number of ketones is 1. The van der Waals surface area contributed by atoms with Crippen LogP contribution in [0.15, 0.2) is 35.2 Å². The van der Waals surface area contributed by atoms with E-state index < -0.39 is 26.6 Å². The molecule has 2 aliphatic carbocycles. The van der Waals surface area contributed by atoms with Gasteiger partial charge in [0.15, 0.2) is 15.6 Å². The minimum Gasteiger partial charge on any atom is -0.382 e. The van der Waals surface area contributed by atoms with E-state index in [0.29, 0.717) is 19.3 Å². The first kappa shape index (κ1) is 14.7. The summed E-state index contributed by atoms with van der Waals surface area (Å²) in [6.45, 7) is 0. The summed E-state index contributed by atoms with van der Waals surface area (Å²) in [4.78, 5) is 12.4. The maximum Gasteiger partial charge on any atom is 0.181 e. The number of fused-ring (bicyclic) bond motifs is 1. The molecule has 0 bridgehead atoms. The van der Waals surface area contributed by atoms with Gasteiger partial charge in [-0.2, -0.15) is 0 Å². The molecule has 0 aliphatic heterocycles. The molecule has 1 N–H and O–H groups in total. The topological polar surface area (TPSA) is 71.4 Å². The fourth-order valence-corrected chi connectivity index (χ4v) is 5.98. The summed E-state index contributed by atoms with van der Waals surface area (Å²) in [5, 5.41) is 10.1. The van der Waals surface area contributed by atoms with Gasteiger partial charge in [0, 0.05) is 12.3 Å². The van der Waals surface area contributed by atoms with Crippen LogP contribution in [0.1, 0.15) is 38.5 Å². The van der Waals surface area contributed by atoms with Crippen molar-refractivity contribution in [3.8, 4) is 0 Å². The molecule has 0 saturated heterocycles. The number of benzene rings is 1. The van der Waals surface area contributed by atoms with Crippen molar-refractivity contribution in [1.29, 1.82) is 0 Å². The van der Waals surface area contributed by atoms with E-state index in [4.69, 9.17) is 0 Å². The molecular weight excluding hydrogens is 288 g/mol. The Morgan fingerprint density at radius 3 is 2.52 bits per heavy atom. The Morgan fingerprint density at radius 1 is 1.10 bits per heavy atom. The summed E-state index contributed by atoms with van der Waals surface area (Å²) in [7, 11) is -3.51. The number of Topliss-reactive ketones (excluding diaryl/α,β-unsaturated/α-hetero) is 1. The van der Waals surface area contributed by atoms with Crippen molar-refractivity contribution in [1.82, 2.24) is 0 Å². The van der Waals surface area contributed by atoms with Crippen LogP contribution >= 0.6 is 0 Å². The molecule has 0 radical (unpaired) electrons. The Balaban J connectivity index is 2.00. The normalized spacial score (nSPS) is 33.5. The van der Waals surface area contributed by atoms with Crippen molar-refractivity contribution in [2.24, 2.45) is 5.92 Å². The SMILES string of the molecule is O=C1CC[C@@H](S(=O)(=O)c2ccccc2)[C@@H]2CCCC[C@]12O. The highest BCUT2D eigenvalue weighted by molar-refractivity contribution is 7.92. The average Bonchev–Trinajstić information content (AvgIpc) is 2.49. The lowest BCUT2D eigenvalue weighted by Crippen LogP contribution is -2.57. The molecule has 3 atom stereocenters. The predicted octanol–water partition coefficient (Wildman–Crippen LogP) is 2.11. The summed E-state index contributed by atoms with van der Waals surface area (Å²) in [5.41, 5.74) is -1.43. The maximum atomic E-state index is 12.9. The van der Waals surface area contributed by atoms with Crippen molar-refractivity contribution in [3.63, 3.8) is 0 Å². The number of rotatable bonds is 2. The van der Waals surface area contributed by atoms with E-state index in [0.717, 1.165) is 12.8 Å². The first-order valence-corrected chi connectivity index (χ1v) is 9.05. The molecule has 0 heterocycles. The van der Waals surface area contributed by atoms with Crippen molar-refractivity contribution < 1.29 is 18.3 Å². The highest BCUT2D eigenvalue weighted by Crippen LogP contribution is 2.45. The van der Waals surface area contributed by atoms with Gasteiger partial charge in [-0.05, 0) is 31.4 Å². The highest BCUT2D eigenvalue weighted by atomic mass is 32.2. The van der Waals surface area contributed by atoms with Crippen molar-refractivity contribution in [2.75, 3.05) is 0 Å². The second-order valence-electron chi connectivity index (χ2n) is 6.13. The minimum absolute atomic E-state index is 0.156. The van der Waals surface area contributed by atoms with Crippen LogP contribution in [0.25, 0.3) is 0 Å². The highest BCUT2D eigenvalue weighted by Gasteiger charge is 2.54. The number of hydrogen-bond acceptors (Lipinski definition) is 4. The predicted molar refractivity (Wildman–Crippen MR) is 78.6 cm³/mol. The molecule has 1 aromatic rings. The second kappa shape index (κ2) is 5.21. The largest absolute Gasteiger partial charge is 0.382 e. The molecule has 0 spiro atoms. The van der Waals surface area contributed by atoms with Gasteiger partial charge in [0.25, 0.3) is 0 Å². The van der Waals surface area contributed by atoms with Crippen molar-refractivity contribution in [3.05, 3.63) is 30.3 Å². The van der Waals surface area contributed by atoms with E-state index in [1.54, 1.807) is 30.3 Å². The van der Waals surface area contributed by atoms with Gasteiger partial charge >= 0.3 is 0 Å². The van der Waals surface area contributed by atoms with Crippen molar-refractivity contribution in [2.45, 2.75) is 54.3 Å². The number of carbonyl (C=O) groups excluding carboxylic acids is 1. The van der Waals surface area contributed by atoms with Crippen LogP contribution in [0.2, 0.25) is 0 Å².